The molecule has 1 aromatic rings. The minimum atomic E-state index is -0.740. The van der Waals surface area contributed by atoms with Gasteiger partial charge in [-0.2, -0.15) is 0 Å². The van der Waals surface area contributed by atoms with E-state index >= 15 is 0 Å². The van der Waals surface area contributed by atoms with Crippen molar-refractivity contribution in [3.8, 4) is 0 Å². The molecule has 0 radical (unpaired) electrons. The Hall–Kier alpha value is -1.76. The summed E-state index contributed by atoms with van der Waals surface area (Å²) >= 11 is 1.66. The summed E-state index contributed by atoms with van der Waals surface area (Å²) in [6.07, 6.45) is 8.25. The molecule has 2 N–H and O–H groups in total. The molecule has 5 fully saturated rings. The van der Waals surface area contributed by atoms with Crippen molar-refractivity contribution >= 4 is 29.5 Å². The molecule has 1 aromatic heterocycles. The molecule has 180 valence electrons. The van der Waals surface area contributed by atoms with Gasteiger partial charge in [0.2, 0.25) is 0 Å². The molecule has 1 unspecified atom stereocenters. The van der Waals surface area contributed by atoms with E-state index in [-0.39, 0.29) is 11.8 Å². The van der Waals surface area contributed by atoms with Gasteiger partial charge in [-0.05, 0) is 92.4 Å². The van der Waals surface area contributed by atoms with Gasteiger partial charge in [-0.15, -0.1) is 11.8 Å². The smallest absolute Gasteiger partial charge is 0.308 e. The van der Waals surface area contributed by atoms with E-state index in [1.807, 2.05) is 17.0 Å². The van der Waals surface area contributed by atoms with Crippen molar-refractivity contribution in [2.45, 2.75) is 69.9 Å². The third-order valence-corrected chi connectivity index (χ3v) is 9.43. The first-order valence-electron chi connectivity index (χ1n) is 12.8. The van der Waals surface area contributed by atoms with Crippen LogP contribution in [-0.2, 0) is 4.79 Å². The maximum absolute atomic E-state index is 13.5. The molecule has 6 rings (SSSR count). The number of nitrogens with zero attached hydrogens (tertiary/aromatic N) is 2. The van der Waals surface area contributed by atoms with E-state index in [9.17, 15) is 14.7 Å². The predicted molar refractivity (Wildman–Crippen MR) is 131 cm³/mol. The number of carboxylic acid groups (broad SMARTS) is 1. The second-order valence-electron chi connectivity index (χ2n) is 11.3. The maximum Gasteiger partial charge on any atom is 0.308 e. The Balaban J connectivity index is 1.33. The molecule has 5 aliphatic rings. The van der Waals surface area contributed by atoms with Crippen LogP contribution < -0.4 is 10.2 Å². The molecule has 4 bridgehead atoms. The molecule has 4 aliphatic carbocycles. The summed E-state index contributed by atoms with van der Waals surface area (Å²) in [4.78, 5) is 31.8. The van der Waals surface area contributed by atoms with Gasteiger partial charge in [0.25, 0.3) is 5.91 Å². The monoisotopic (exact) mass is 471 g/mol. The largest absolute Gasteiger partial charge is 0.481 e. The number of carbonyl (C=O) groups is 2. The number of aliphatic carboxylic acids is 1. The number of pyridine rings is 1. The molecule has 7 heteroatoms. The van der Waals surface area contributed by atoms with Gasteiger partial charge in [-0.3, -0.25) is 9.59 Å². The molecular formula is C26H37N3O3S. The van der Waals surface area contributed by atoms with Gasteiger partial charge in [0, 0.05) is 19.1 Å². The second kappa shape index (κ2) is 9.47. The maximum atomic E-state index is 13.5. The first-order chi connectivity index (χ1) is 15.9. The number of rotatable bonds is 8. The fourth-order valence-electron chi connectivity index (χ4n) is 6.84. The molecule has 0 aromatic carbocycles. The Morgan fingerprint density at radius 3 is 2.45 bits per heavy atom. The van der Waals surface area contributed by atoms with Gasteiger partial charge in [0.1, 0.15) is 10.8 Å². The topological polar surface area (TPSA) is 82.5 Å². The fraction of sp³-hybridized carbons (Fsp3) is 0.731. The van der Waals surface area contributed by atoms with Crippen LogP contribution in [0.15, 0.2) is 17.2 Å². The molecule has 1 saturated heterocycles. The van der Waals surface area contributed by atoms with E-state index in [2.05, 4.69) is 19.2 Å². The van der Waals surface area contributed by atoms with Crippen LogP contribution in [0.2, 0.25) is 0 Å². The average Bonchev–Trinajstić information content (AvgIpc) is 3.26. The highest BCUT2D eigenvalue weighted by molar-refractivity contribution is 7.99. The second-order valence-corrected chi connectivity index (χ2v) is 12.3. The highest BCUT2D eigenvalue weighted by Crippen LogP contribution is 2.53. The summed E-state index contributed by atoms with van der Waals surface area (Å²) in [5.41, 5.74) is 0.676. The van der Waals surface area contributed by atoms with Gasteiger partial charge < -0.3 is 15.3 Å². The molecule has 33 heavy (non-hydrogen) atoms. The summed E-state index contributed by atoms with van der Waals surface area (Å²) < 4.78 is 0. The first-order valence-corrected chi connectivity index (χ1v) is 13.8. The number of amides is 1. The van der Waals surface area contributed by atoms with E-state index in [4.69, 9.17) is 4.98 Å². The molecule has 2 heterocycles. The SMILES string of the molecule is CC(C)CCSc1nc(N2CCC(C(=O)O)C2)ccc1C(=O)NC1C2CC3CC(C2)CC1C3. The fourth-order valence-corrected chi connectivity index (χ4v) is 8.10. The zero-order valence-corrected chi connectivity index (χ0v) is 20.7. The Morgan fingerprint density at radius 1 is 1.15 bits per heavy atom. The van der Waals surface area contributed by atoms with Crippen molar-refractivity contribution < 1.29 is 14.7 Å². The summed E-state index contributed by atoms with van der Waals surface area (Å²) in [6.45, 7) is 5.60. The van der Waals surface area contributed by atoms with Gasteiger partial charge >= 0.3 is 5.97 Å². The standard InChI is InChI=1S/C26H37N3O3S/c1-15(2)6-8-33-25-21(3-4-22(27-25)29-7-5-18(14-29)26(31)32)24(30)28-23-19-10-16-9-17(12-19)13-20(23)11-16/h3-4,15-20,23H,5-14H2,1-2H3,(H,28,30)(H,31,32). The lowest BCUT2D eigenvalue weighted by molar-refractivity contribution is -0.140. The van der Waals surface area contributed by atoms with Crippen LogP contribution in [-0.4, -0.2) is 46.9 Å². The number of anilines is 1. The van der Waals surface area contributed by atoms with Gasteiger partial charge in [0.05, 0.1) is 11.5 Å². The van der Waals surface area contributed by atoms with E-state index in [0.717, 1.165) is 34.9 Å². The number of thioether (sulfide) groups is 1. The Labute approximate surface area is 201 Å². The van der Waals surface area contributed by atoms with Crippen molar-refractivity contribution in [1.82, 2.24) is 10.3 Å². The summed E-state index contributed by atoms with van der Waals surface area (Å²) in [5, 5.41) is 13.6. The number of hydrogen-bond donors (Lipinski definition) is 2. The molecule has 6 nitrogen and oxygen atoms in total. The minimum Gasteiger partial charge on any atom is -0.481 e. The van der Waals surface area contributed by atoms with Crippen LogP contribution in [0.3, 0.4) is 0 Å². The summed E-state index contributed by atoms with van der Waals surface area (Å²) in [7, 11) is 0. The Bertz CT molecular complexity index is 877. The molecule has 4 saturated carbocycles. The Morgan fingerprint density at radius 2 is 1.85 bits per heavy atom. The van der Waals surface area contributed by atoms with E-state index in [0.29, 0.717) is 48.9 Å². The summed E-state index contributed by atoms with van der Waals surface area (Å²) in [5.74, 6) is 4.31. The predicted octanol–water partition coefficient (Wildman–Crippen LogP) is 4.69. The van der Waals surface area contributed by atoms with E-state index in [1.54, 1.807) is 11.8 Å². The lowest BCUT2D eigenvalue weighted by atomic mass is 9.54. The van der Waals surface area contributed by atoms with Crippen molar-refractivity contribution in [2.24, 2.45) is 35.5 Å². The highest BCUT2D eigenvalue weighted by Gasteiger charge is 2.48. The number of carboxylic acids is 1. The minimum absolute atomic E-state index is 0.0170. The van der Waals surface area contributed by atoms with Crippen molar-refractivity contribution in [3.63, 3.8) is 0 Å². The molecule has 0 spiro atoms. The zero-order valence-electron chi connectivity index (χ0n) is 19.8. The zero-order chi connectivity index (χ0) is 23.1. The van der Waals surface area contributed by atoms with Gasteiger partial charge in [0.15, 0.2) is 0 Å². The van der Waals surface area contributed by atoms with Crippen molar-refractivity contribution in [2.75, 3.05) is 23.7 Å². The lowest BCUT2D eigenvalue weighted by Gasteiger charge is -2.54. The first kappa shape index (κ1) is 23.0. The molecule has 1 atom stereocenters. The van der Waals surface area contributed by atoms with Crippen LogP contribution in [0.1, 0.15) is 69.2 Å². The van der Waals surface area contributed by atoms with Crippen LogP contribution in [0, 0.1) is 35.5 Å². The lowest BCUT2D eigenvalue weighted by Crippen LogP contribution is -2.55. The third-order valence-electron chi connectivity index (χ3n) is 8.41. The van der Waals surface area contributed by atoms with Gasteiger partial charge in [-0.25, -0.2) is 4.98 Å². The number of carbonyl (C=O) groups excluding carboxylic acids is 1. The average molecular weight is 472 g/mol. The normalized spacial score (nSPS) is 32.5. The highest BCUT2D eigenvalue weighted by atomic mass is 32.2. The summed E-state index contributed by atoms with van der Waals surface area (Å²) in [6, 6.07) is 4.13. The third kappa shape index (κ3) is 4.89. The van der Waals surface area contributed by atoms with Gasteiger partial charge in [-0.1, -0.05) is 13.8 Å². The quantitative estimate of drug-likeness (QED) is 0.536. The number of hydrogen-bond acceptors (Lipinski definition) is 5. The van der Waals surface area contributed by atoms with E-state index < -0.39 is 5.97 Å². The van der Waals surface area contributed by atoms with Crippen molar-refractivity contribution in [3.05, 3.63) is 17.7 Å². The van der Waals surface area contributed by atoms with Crippen LogP contribution >= 0.6 is 11.8 Å². The molecular weight excluding hydrogens is 434 g/mol. The Kier molecular flexibility index (Phi) is 6.60. The molecule has 1 aliphatic heterocycles. The van der Waals surface area contributed by atoms with Crippen LogP contribution in [0.5, 0.6) is 0 Å². The van der Waals surface area contributed by atoms with Crippen LogP contribution in [0.4, 0.5) is 5.82 Å². The number of nitrogens with one attached hydrogen (secondary N) is 1. The molecule has 1 amide bonds. The van der Waals surface area contributed by atoms with Crippen molar-refractivity contribution in [1.29, 1.82) is 0 Å². The van der Waals surface area contributed by atoms with E-state index in [1.165, 1.54) is 32.1 Å². The number of aromatic nitrogens is 1. The van der Waals surface area contributed by atoms with Crippen LogP contribution in [0.25, 0.3) is 0 Å².